The first-order chi connectivity index (χ1) is 8.27. The third-order valence-electron chi connectivity index (χ3n) is 3.58. The highest BCUT2D eigenvalue weighted by Gasteiger charge is 2.17. The molecule has 0 aromatic rings. The maximum Gasteiger partial charge on any atom is 0.0116 e. The highest BCUT2D eigenvalue weighted by atomic mass is 79.9. The van der Waals surface area contributed by atoms with E-state index < -0.39 is 0 Å². The van der Waals surface area contributed by atoms with E-state index >= 15 is 0 Å². The number of rotatable bonds is 6. The lowest BCUT2D eigenvalue weighted by Crippen LogP contribution is -2.41. The summed E-state index contributed by atoms with van der Waals surface area (Å²) in [7, 11) is 2.27. The number of nitrogens with one attached hydrogen (secondary N) is 1. The van der Waals surface area contributed by atoms with Gasteiger partial charge in [0.25, 0.3) is 0 Å². The van der Waals surface area contributed by atoms with Gasteiger partial charge >= 0.3 is 0 Å². The molecule has 0 aromatic heterocycles. The molecule has 1 N–H and O–H groups in total. The van der Waals surface area contributed by atoms with Gasteiger partial charge < -0.3 is 10.2 Å². The fraction of sp³-hybridized carbons (Fsp3) is 0.714. The van der Waals surface area contributed by atoms with Gasteiger partial charge in [-0.1, -0.05) is 40.6 Å². The van der Waals surface area contributed by atoms with Gasteiger partial charge in [0.15, 0.2) is 0 Å². The molecule has 0 amide bonds. The summed E-state index contributed by atoms with van der Waals surface area (Å²) in [6.07, 6.45) is 9.23. The van der Waals surface area contributed by atoms with E-state index in [-0.39, 0.29) is 0 Å². The predicted molar refractivity (Wildman–Crippen MR) is 79.6 cm³/mol. The van der Waals surface area contributed by atoms with Gasteiger partial charge in [0.05, 0.1) is 0 Å². The minimum Gasteiger partial charge on any atom is -0.317 e. The van der Waals surface area contributed by atoms with Crippen molar-refractivity contribution in [3.63, 3.8) is 0 Å². The number of piperidine rings is 1. The summed E-state index contributed by atoms with van der Waals surface area (Å²) in [5.74, 6) is 0. The van der Waals surface area contributed by atoms with E-state index in [0.717, 1.165) is 12.5 Å². The average Bonchev–Trinajstić information content (AvgIpc) is 2.39. The van der Waals surface area contributed by atoms with E-state index in [4.69, 9.17) is 0 Å². The van der Waals surface area contributed by atoms with Crippen LogP contribution in [0.15, 0.2) is 22.7 Å². The van der Waals surface area contributed by atoms with Crippen LogP contribution in [-0.2, 0) is 0 Å². The number of allylic oxidation sites excluding steroid dienone is 2. The maximum absolute atomic E-state index is 3.42. The van der Waals surface area contributed by atoms with E-state index in [9.17, 15) is 0 Å². The van der Waals surface area contributed by atoms with Crippen molar-refractivity contribution in [2.75, 3.05) is 26.7 Å². The SMILES string of the molecule is CC/C(=C\C=C\Br)CCN(C)C1CCNCC1. The van der Waals surface area contributed by atoms with Crippen LogP contribution in [0.4, 0.5) is 0 Å². The molecular formula is C14H25BrN2. The second-order valence-electron chi connectivity index (χ2n) is 4.71. The first-order valence-electron chi connectivity index (χ1n) is 6.63. The summed E-state index contributed by atoms with van der Waals surface area (Å²) in [6.45, 7) is 5.77. The first kappa shape index (κ1) is 14.9. The van der Waals surface area contributed by atoms with Crippen molar-refractivity contribution in [3.8, 4) is 0 Å². The molecule has 0 bridgehead atoms. The Kier molecular flexibility index (Phi) is 7.82. The fourth-order valence-corrected chi connectivity index (χ4v) is 2.45. The third kappa shape index (κ3) is 5.84. The van der Waals surface area contributed by atoms with Crippen LogP contribution in [0.2, 0.25) is 0 Å². The van der Waals surface area contributed by atoms with Crippen LogP contribution in [0.3, 0.4) is 0 Å². The zero-order chi connectivity index (χ0) is 12.5. The van der Waals surface area contributed by atoms with Crippen LogP contribution in [0.25, 0.3) is 0 Å². The summed E-state index contributed by atoms with van der Waals surface area (Å²) in [4.78, 5) is 4.45. The van der Waals surface area contributed by atoms with Crippen molar-refractivity contribution in [1.82, 2.24) is 10.2 Å². The van der Waals surface area contributed by atoms with Crippen LogP contribution in [0.1, 0.15) is 32.6 Å². The Morgan fingerprint density at radius 3 is 2.71 bits per heavy atom. The summed E-state index contributed by atoms with van der Waals surface area (Å²) >= 11 is 3.31. The van der Waals surface area contributed by atoms with Crippen LogP contribution in [0, 0.1) is 0 Å². The molecule has 0 saturated carbocycles. The number of halogens is 1. The lowest BCUT2D eigenvalue weighted by molar-refractivity contribution is 0.201. The molecule has 17 heavy (non-hydrogen) atoms. The van der Waals surface area contributed by atoms with E-state index in [1.165, 1.54) is 44.5 Å². The Morgan fingerprint density at radius 2 is 2.12 bits per heavy atom. The van der Waals surface area contributed by atoms with Gasteiger partial charge in [-0.2, -0.15) is 0 Å². The van der Waals surface area contributed by atoms with Gasteiger partial charge in [-0.3, -0.25) is 0 Å². The summed E-state index contributed by atoms with van der Waals surface area (Å²) in [5, 5.41) is 3.42. The Balaban J connectivity index is 2.32. The molecule has 98 valence electrons. The molecule has 0 radical (unpaired) electrons. The Bertz CT molecular complexity index is 255. The van der Waals surface area contributed by atoms with E-state index in [2.05, 4.69) is 52.3 Å². The molecule has 1 aliphatic rings. The van der Waals surface area contributed by atoms with Gasteiger partial charge in [0, 0.05) is 12.6 Å². The van der Waals surface area contributed by atoms with Crippen molar-refractivity contribution in [3.05, 3.63) is 22.7 Å². The molecule has 0 aromatic carbocycles. The largest absolute Gasteiger partial charge is 0.317 e. The molecule has 1 heterocycles. The fourth-order valence-electron chi connectivity index (χ4n) is 2.30. The molecule has 0 aliphatic carbocycles. The van der Waals surface area contributed by atoms with Crippen molar-refractivity contribution < 1.29 is 0 Å². The van der Waals surface area contributed by atoms with Gasteiger partial charge in [-0.25, -0.2) is 0 Å². The Hall–Kier alpha value is -0.120. The second-order valence-corrected chi connectivity index (χ2v) is 5.24. The summed E-state index contributed by atoms with van der Waals surface area (Å²) < 4.78 is 0. The standard InChI is InChI=1S/C14H25BrN2/c1-3-13(5-4-9-15)8-12-17(2)14-6-10-16-11-7-14/h4-5,9,14,16H,3,6-8,10-12H2,1-2H3/b9-4+,13-5+. The van der Waals surface area contributed by atoms with Crippen molar-refractivity contribution in [2.24, 2.45) is 0 Å². The zero-order valence-corrected chi connectivity index (χ0v) is 12.7. The highest BCUT2D eigenvalue weighted by molar-refractivity contribution is 9.11. The molecule has 0 spiro atoms. The third-order valence-corrected chi connectivity index (χ3v) is 3.88. The van der Waals surface area contributed by atoms with Gasteiger partial charge in [-0.15, -0.1) is 0 Å². The van der Waals surface area contributed by atoms with Gasteiger partial charge in [0.1, 0.15) is 0 Å². The lowest BCUT2D eigenvalue weighted by atomic mass is 10.0. The van der Waals surface area contributed by atoms with Crippen LogP contribution in [0.5, 0.6) is 0 Å². The summed E-state index contributed by atoms with van der Waals surface area (Å²) in [6, 6.07) is 0.779. The van der Waals surface area contributed by atoms with Crippen LogP contribution >= 0.6 is 15.9 Å². The molecule has 1 fully saturated rings. The first-order valence-corrected chi connectivity index (χ1v) is 7.55. The monoisotopic (exact) mass is 300 g/mol. The van der Waals surface area contributed by atoms with Gasteiger partial charge in [0.2, 0.25) is 0 Å². The Labute approximate surface area is 114 Å². The van der Waals surface area contributed by atoms with E-state index in [0.29, 0.717) is 0 Å². The molecule has 1 saturated heterocycles. The van der Waals surface area contributed by atoms with E-state index in [1.54, 1.807) is 0 Å². The zero-order valence-electron chi connectivity index (χ0n) is 11.1. The highest BCUT2D eigenvalue weighted by Crippen LogP contribution is 2.13. The van der Waals surface area contributed by atoms with Crippen molar-refractivity contribution >= 4 is 15.9 Å². The maximum atomic E-state index is 3.42. The molecule has 0 atom stereocenters. The molecule has 1 rings (SSSR count). The van der Waals surface area contributed by atoms with E-state index in [1.807, 2.05) is 4.99 Å². The van der Waals surface area contributed by atoms with Crippen LogP contribution in [-0.4, -0.2) is 37.6 Å². The number of nitrogens with zero attached hydrogens (tertiary/aromatic N) is 1. The quantitative estimate of drug-likeness (QED) is 0.757. The Morgan fingerprint density at radius 1 is 1.41 bits per heavy atom. The normalized spacial score (nSPS) is 19.4. The minimum atomic E-state index is 0.779. The number of hydrogen-bond donors (Lipinski definition) is 1. The van der Waals surface area contributed by atoms with Crippen LogP contribution < -0.4 is 5.32 Å². The molecule has 0 unspecified atom stereocenters. The smallest absolute Gasteiger partial charge is 0.0116 e. The lowest BCUT2D eigenvalue weighted by Gasteiger charge is -2.31. The number of hydrogen-bond acceptors (Lipinski definition) is 2. The van der Waals surface area contributed by atoms with Crippen molar-refractivity contribution in [1.29, 1.82) is 0 Å². The molecular weight excluding hydrogens is 276 g/mol. The molecule has 1 aliphatic heterocycles. The van der Waals surface area contributed by atoms with Gasteiger partial charge in [-0.05, 0) is 50.8 Å². The second kappa shape index (κ2) is 8.90. The predicted octanol–water partition coefficient (Wildman–Crippen LogP) is 3.31. The summed E-state index contributed by atoms with van der Waals surface area (Å²) in [5.41, 5.74) is 1.53. The average molecular weight is 301 g/mol. The van der Waals surface area contributed by atoms with Crippen molar-refractivity contribution in [2.45, 2.75) is 38.6 Å². The minimum absolute atomic E-state index is 0.779. The molecule has 2 nitrogen and oxygen atoms in total. The topological polar surface area (TPSA) is 15.3 Å². The molecule has 3 heteroatoms.